The molecule has 1 amide bonds. The van der Waals surface area contributed by atoms with Gasteiger partial charge >= 0.3 is 0 Å². The fourth-order valence-electron chi connectivity index (χ4n) is 2.57. The highest BCUT2D eigenvalue weighted by atomic mass is 32.2. The molecule has 0 spiro atoms. The number of sulfonamides is 1. The maximum atomic E-state index is 12.7. The molecule has 0 unspecified atom stereocenters. The van der Waals surface area contributed by atoms with Gasteiger partial charge in [-0.05, 0) is 30.2 Å². The molecule has 0 atom stereocenters. The molecule has 1 aliphatic rings. The van der Waals surface area contributed by atoms with E-state index in [9.17, 15) is 13.2 Å². The fourth-order valence-corrected chi connectivity index (χ4v) is 4.01. The van der Waals surface area contributed by atoms with Crippen LogP contribution in [0.25, 0.3) is 0 Å². The SMILES string of the molecule is C=CCN(CC=C)S(=O)(=O)c1ccc2c(c1)CCN2C(C)=O. The minimum absolute atomic E-state index is 0.0331. The quantitative estimate of drug-likeness (QED) is 0.753. The zero-order valence-corrected chi connectivity index (χ0v) is 13.5. The first-order valence-corrected chi connectivity index (χ1v) is 8.48. The number of fused-ring (bicyclic) bond motifs is 1. The predicted molar refractivity (Wildman–Crippen MR) is 87.3 cm³/mol. The molecule has 1 heterocycles. The van der Waals surface area contributed by atoms with E-state index < -0.39 is 10.0 Å². The van der Waals surface area contributed by atoms with E-state index >= 15 is 0 Å². The van der Waals surface area contributed by atoms with Crippen molar-refractivity contribution in [2.45, 2.75) is 18.2 Å². The number of anilines is 1. The normalized spacial score (nSPS) is 14.0. The van der Waals surface area contributed by atoms with Gasteiger partial charge in [0.25, 0.3) is 0 Å². The molecule has 0 aliphatic carbocycles. The summed E-state index contributed by atoms with van der Waals surface area (Å²) in [6, 6.07) is 4.91. The molecule has 0 bridgehead atoms. The van der Waals surface area contributed by atoms with E-state index in [1.807, 2.05) is 0 Å². The molecular weight excluding hydrogens is 300 g/mol. The van der Waals surface area contributed by atoms with Gasteiger partial charge in [0.2, 0.25) is 15.9 Å². The summed E-state index contributed by atoms with van der Waals surface area (Å²) < 4.78 is 26.7. The standard InChI is InChI=1S/C16H20N2O3S/c1-4-9-17(10-5-2)22(20,21)15-6-7-16-14(12-15)8-11-18(16)13(3)19/h4-7,12H,1-2,8-11H2,3H3. The Morgan fingerprint density at radius 1 is 1.32 bits per heavy atom. The lowest BCUT2D eigenvalue weighted by atomic mass is 10.2. The Morgan fingerprint density at radius 3 is 2.50 bits per heavy atom. The summed E-state index contributed by atoms with van der Waals surface area (Å²) in [6.45, 7) is 9.74. The number of benzene rings is 1. The molecule has 5 nitrogen and oxygen atoms in total. The van der Waals surface area contributed by atoms with Gasteiger partial charge in [-0.25, -0.2) is 8.42 Å². The number of rotatable bonds is 6. The largest absolute Gasteiger partial charge is 0.312 e. The zero-order chi connectivity index (χ0) is 16.3. The molecule has 1 aromatic rings. The highest BCUT2D eigenvalue weighted by molar-refractivity contribution is 7.89. The first kappa shape index (κ1) is 16.5. The predicted octanol–water partition coefficient (Wildman–Crippen LogP) is 1.96. The van der Waals surface area contributed by atoms with Crippen LogP contribution >= 0.6 is 0 Å². The van der Waals surface area contributed by atoms with Gasteiger partial charge in [0, 0.05) is 32.2 Å². The van der Waals surface area contributed by atoms with Gasteiger partial charge in [0.05, 0.1) is 4.90 Å². The van der Waals surface area contributed by atoms with Gasteiger partial charge < -0.3 is 4.90 Å². The maximum absolute atomic E-state index is 12.7. The third kappa shape index (κ3) is 2.98. The second-order valence-corrected chi connectivity index (χ2v) is 7.05. The van der Waals surface area contributed by atoms with Gasteiger partial charge in [-0.15, -0.1) is 13.2 Å². The van der Waals surface area contributed by atoms with Crippen LogP contribution < -0.4 is 4.90 Å². The number of hydrogen-bond acceptors (Lipinski definition) is 3. The summed E-state index contributed by atoms with van der Waals surface area (Å²) in [5.41, 5.74) is 1.68. The van der Waals surface area contributed by atoms with Crippen molar-refractivity contribution in [1.82, 2.24) is 4.31 Å². The van der Waals surface area contributed by atoms with E-state index in [0.717, 1.165) is 11.3 Å². The maximum Gasteiger partial charge on any atom is 0.243 e. The van der Waals surface area contributed by atoms with E-state index in [0.29, 0.717) is 13.0 Å². The minimum atomic E-state index is -3.60. The van der Waals surface area contributed by atoms with Crippen LogP contribution in [0.1, 0.15) is 12.5 Å². The third-order valence-electron chi connectivity index (χ3n) is 3.63. The fraction of sp³-hybridized carbons (Fsp3) is 0.312. The number of hydrogen-bond donors (Lipinski definition) is 0. The lowest BCUT2D eigenvalue weighted by Gasteiger charge is -2.20. The molecule has 0 saturated heterocycles. The molecule has 1 aromatic carbocycles. The molecule has 118 valence electrons. The van der Waals surface area contributed by atoms with Crippen molar-refractivity contribution in [1.29, 1.82) is 0 Å². The van der Waals surface area contributed by atoms with Gasteiger partial charge in [-0.3, -0.25) is 4.79 Å². The van der Waals surface area contributed by atoms with Crippen LogP contribution in [-0.2, 0) is 21.2 Å². The topological polar surface area (TPSA) is 57.7 Å². The first-order valence-electron chi connectivity index (χ1n) is 7.04. The Bertz CT molecular complexity index is 700. The average molecular weight is 320 g/mol. The number of amides is 1. The summed E-state index contributed by atoms with van der Waals surface area (Å²) >= 11 is 0. The van der Waals surface area contributed by atoms with Crippen molar-refractivity contribution >= 4 is 21.6 Å². The molecule has 0 fully saturated rings. The first-order chi connectivity index (χ1) is 10.4. The van der Waals surface area contributed by atoms with Crippen LogP contribution in [0.15, 0.2) is 48.4 Å². The zero-order valence-electron chi connectivity index (χ0n) is 12.7. The summed E-state index contributed by atoms with van der Waals surface area (Å²) in [7, 11) is -3.60. The molecule has 6 heteroatoms. The molecule has 0 saturated carbocycles. The lowest BCUT2D eigenvalue weighted by Crippen LogP contribution is -2.31. The summed E-state index contributed by atoms with van der Waals surface area (Å²) in [6.07, 6.45) is 3.76. The van der Waals surface area contributed by atoms with E-state index in [1.165, 1.54) is 11.2 Å². The van der Waals surface area contributed by atoms with Crippen LogP contribution in [0.5, 0.6) is 0 Å². The van der Waals surface area contributed by atoms with E-state index in [4.69, 9.17) is 0 Å². The van der Waals surface area contributed by atoms with Crippen LogP contribution in [-0.4, -0.2) is 38.3 Å². The Kier molecular flexibility index (Phi) is 4.83. The molecule has 1 aliphatic heterocycles. The van der Waals surface area contributed by atoms with Crippen LogP contribution in [0.3, 0.4) is 0 Å². The lowest BCUT2D eigenvalue weighted by molar-refractivity contribution is -0.116. The number of carbonyl (C=O) groups is 1. The van der Waals surface area contributed by atoms with Gasteiger partial charge in [-0.2, -0.15) is 4.31 Å². The van der Waals surface area contributed by atoms with Crippen LogP contribution in [0.2, 0.25) is 0 Å². The van der Waals surface area contributed by atoms with Crippen molar-refractivity contribution in [3.63, 3.8) is 0 Å². The Balaban J connectivity index is 2.39. The molecule has 0 aromatic heterocycles. The van der Waals surface area contributed by atoms with Crippen molar-refractivity contribution < 1.29 is 13.2 Å². The van der Waals surface area contributed by atoms with Crippen LogP contribution in [0.4, 0.5) is 5.69 Å². The molecule has 0 N–H and O–H groups in total. The minimum Gasteiger partial charge on any atom is -0.312 e. The van der Waals surface area contributed by atoms with E-state index in [1.54, 1.807) is 35.3 Å². The Morgan fingerprint density at radius 2 is 1.95 bits per heavy atom. The highest BCUT2D eigenvalue weighted by Crippen LogP contribution is 2.31. The molecule has 22 heavy (non-hydrogen) atoms. The Labute approximate surface area is 131 Å². The summed E-state index contributed by atoms with van der Waals surface area (Å²) in [4.78, 5) is 13.4. The van der Waals surface area contributed by atoms with E-state index in [2.05, 4.69) is 13.2 Å². The van der Waals surface area contributed by atoms with Crippen molar-refractivity contribution in [2.75, 3.05) is 24.5 Å². The second-order valence-electron chi connectivity index (χ2n) is 5.11. The molecule has 2 rings (SSSR count). The van der Waals surface area contributed by atoms with Crippen LogP contribution in [0, 0.1) is 0 Å². The van der Waals surface area contributed by atoms with E-state index in [-0.39, 0.29) is 23.9 Å². The van der Waals surface area contributed by atoms with Gasteiger partial charge in [0.15, 0.2) is 0 Å². The summed E-state index contributed by atoms with van der Waals surface area (Å²) in [5.74, 6) is -0.0331. The smallest absolute Gasteiger partial charge is 0.243 e. The Hall–Kier alpha value is -1.92. The van der Waals surface area contributed by atoms with Crippen molar-refractivity contribution in [3.05, 3.63) is 49.1 Å². The third-order valence-corrected chi connectivity index (χ3v) is 5.46. The summed E-state index contributed by atoms with van der Waals surface area (Å²) in [5, 5.41) is 0. The second kappa shape index (κ2) is 6.46. The van der Waals surface area contributed by atoms with Crippen molar-refractivity contribution in [3.8, 4) is 0 Å². The van der Waals surface area contributed by atoms with Gasteiger partial charge in [0.1, 0.15) is 0 Å². The molecule has 0 radical (unpaired) electrons. The van der Waals surface area contributed by atoms with Crippen molar-refractivity contribution in [2.24, 2.45) is 0 Å². The highest BCUT2D eigenvalue weighted by Gasteiger charge is 2.27. The molecular formula is C16H20N2O3S. The average Bonchev–Trinajstić information content (AvgIpc) is 2.90. The monoisotopic (exact) mass is 320 g/mol. The van der Waals surface area contributed by atoms with Gasteiger partial charge in [-0.1, -0.05) is 12.2 Å². The number of carbonyl (C=O) groups excluding carboxylic acids is 1. The number of nitrogens with zero attached hydrogens (tertiary/aromatic N) is 2.